The number of alkyl halides is 6. The molecular formula is C36H36F6O4P2Pd. The zero-order valence-electron chi connectivity index (χ0n) is 26.1. The van der Waals surface area contributed by atoms with Crippen molar-refractivity contribution in [3.05, 3.63) is 121 Å². The molecule has 4 aromatic carbocycles. The first-order valence-electron chi connectivity index (χ1n) is 15.1. The summed E-state index contributed by atoms with van der Waals surface area (Å²) >= 11 is 0. The molecule has 0 radical (unpaired) electrons. The SMILES string of the molecule is O=C(O)C(F)(F)F.O=C(O)C(F)(F)F.[Pd].c1ccc(P(C[C@@H]2CCC[C@H](CP(c3ccccc3)c3ccccc3)C2)c2ccccc2)cc1. The fourth-order valence-electron chi connectivity index (χ4n) is 5.40. The summed E-state index contributed by atoms with van der Waals surface area (Å²) < 4.78 is 63.5. The van der Waals surface area contributed by atoms with Gasteiger partial charge >= 0.3 is 24.3 Å². The van der Waals surface area contributed by atoms with Gasteiger partial charge < -0.3 is 10.2 Å². The van der Waals surface area contributed by atoms with Crippen LogP contribution in [0.15, 0.2) is 121 Å². The van der Waals surface area contributed by atoms with Crippen LogP contribution in [0.2, 0.25) is 0 Å². The summed E-state index contributed by atoms with van der Waals surface area (Å²) in [5.74, 6) is -3.86. The predicted octanol–water partition coefficient (Wildman–Crippen LogP) is 8.32. The number of rotatable bonds is 8. The van der Waals surface area contributed by atoms with Gasteiger partial charge in [0.05, 0.1) is 0 Å². The normalized spacial score (nSPS) is 15.9. The topological polar surface area (TPSA) is 74.6 Å². The van der Waals surface area contributed by atoms with Crippen molar-refractivity contribution in [2.75, 3.05) is 12.3 Å². The molecule has 5 rings (SSSR count). The Kier molecular flexibility index (Phi) is 17.7. The van der Waals surface area contributed by atoms with Gasteiger partial charge in [0.25, 0.3) is 0 Å². The van der Waals surface area contributed by atoms with E-state index >= 15 is 0 Å². The van der Waals surface area contributed by atoms with E-state index in [1.165, 1.54) is 59.2 Å². The third-order valence-electron chi connectivity index (χ3n) is 7.53. The standard InChI is InChI=1S/C32H34P2.2C2HF3O2.Pd/c1-5-16-29(17-6-1)33(30-18-7-2-8-19-30)25-27-14-13-15-28(24-27)26-34(31-20-9-3-10-21-31)32-22-11-4-12-23-32;2*3-2(4,5)1(6)7;/h1-12,16-23,27-28H,13-15,24-26H2;2*(H,6,7);/t27-,28+;;;. The minimum absolute atomic E-state index is 0. The first-order chi connectivity index (χ1) is 22.8. The molecule has 0 bridgehead atoms. The van der Waals surface area contributed by atoms with Gasteiger partial charge in [0.15, 0.2) is 0 Å². The van der Waals surface area contributed by atoms with Crippen molar-refractivity contribution in [3.63, 3.8) is 0 Å². The van der Waals surface area contributed by atoms with Crippen molar-refractivity contribution in [1.29, 1.82) is 0 Å². The molecule has 2 N–H and O–H groups in total. The molecule has 49 heavy (non-hydrogen) atoms. The number of aliphatic carboxylic acids is 2. The van der Waals surface area contributed by atoms with E-state index < -0.39 is 24.3 Å². The Bertz CT molecular complexity index is 1340. The molecule has 1 saturated carbocycles. The fraction of sp³-hybridized carbons (Fsp3) is 0.278. The molecule has 0 amide bonds. The molecule has 1 aliphatic carbocycles. The van der Waals surface area contributed by atoms with Gasteiger partial charge in [-0.2, -0.15) is 26.3 Å². The number of carbonyl (C=O) groups is 2. The van der Waals surface area contributed by atoms with E-state index in [0.717, 1.165) is 11.8 Å². The third kappa shape index (κ3) is 14.7. The van der Waals surface area contributed by atoms with E-state index in [4.69, 9.17) is 19.8 Å². The molecular weight excluding hydrogens is 779 g/mol. The van der Waals surface area contributed by atoms with E-state index in [9.17, 15) is 26.3 Å². The Morgan fingerprint density at radius 2 is 0.755 bits per heavy atom. The van der Waals surface area contributed by atoms with Crippen molar-refractivity contribution in [3.8, 4) is 0 Å². The monoisotopic (exact) mass is 814 g/mol. The maximum Gasteiger partial charge on any atom is 0.490 e. The Hall–Kier alpha value is -3.08. The third-order valence-corrected chi connectivity index (χ3v) is 13.0. The number of carboxylic acids is 2. The molecule has 1 fully saturated rings. The summed E-state index contributed by atoms with van der Waals surface area (Å²) in [6.07, 6.45) is -1.96. The summed E-state index contributed by atoms with van der Waals surface area (Å²) in [5, 5.41) is 20.4. The molecule has 0 aromatic heterocycles. The van der Waals surface area contributed by atoms with Crippen molar-refractivity contribution >= 4 is 49.0 Å². The first kappa shape index (κ1) is 42.1. The van der Waals surface area contributed by atoms with E-state index in [1.54, 1.807) is 0 Å². The molecule has 2 atom stereocenters. The Morgan fingerprint density at radius 1 is 0.531 bits per heavy atom. The average Bonchev–Trinajstić information content (AvgIpc) is 3.07. The summed E-state index contributed by atoms with van der Waals surface area (Å²) in [4.78, 5) is 17.8. The van der Waals surface area contributed by atoms with Crippen LogP contribution in [0.3, 0.4) is 0 Å². The van der Waals surface area contributed by atoms with Crippen molar-refractivity contribution < 1.29 is 66.6 Å². The van der Waals surface area contributed by atoms with Crippen molar-refractivity contribution in [2.45, 2.75) is 38.0 Å². The molecule has 4 nitrogen and oxygen atoms in total. The van der Waals surface area contributed by atoms with Crippen molar-refractivity contribution in [1.82, 2.24) is 0 Å². The zero-order valence-corrected chi connectivity index (χ0v) is 29.5. The minimum atomic E-state index is -5.08. The second-order valence-electron chi connectivity index (χ2n) is 11.1. The molecule has 4 aromatic rings. The maximum absolute atomic E-state index is 10.6. The van der Waals surface area contributed by atoms with Crippen LogP contribution >= 0.6 is 15.8 Å². The van der Waals surface area contributed by atoms with Gasteiger partial charge in [-0.15, -0.1) is 0 Å². The maximum atomic E-state index is 10.6. The molecule has 13 heteroatoms. The smallest absolute Gasteiger partial charge is 0.475 e. The number of hydrogen-bond donors (Lipinski definition) is 2. The molecule has 266 valence electrons. The van der Waals surface area contributed by atoms with Crippen LogP contribution in [0, 0.1) is 11.8 Å². The second kappa shape index (κ2) is 20.6. The quantitative estimate of drug-likeness (QED) is 0.107. The van der Waals surface area contributed by atoms with Crippen LogP contribution in [-0.4, -0.2) is 46.8 Å². The molecule has 0 saturated heterocycles. The predicted molar refractivity (Wildman–Crippen MR) is 181 cm³/mol. The van der Waals surface area contributed by atoms with Gasteiger partial charge in [-0.05, 0) is 67.6 Å². The average molecular weight is 815 g/mol. The molecule has 0 spiro atoms. The molecule has 1 aliphatic rings. The van der Waals surface area contributed by atoms with Gasteiger partial charge in [0, 0.05) is 20.4 Å². The van der Waals surface area contributed by atoms with E-state index in [2.05, 4.69) is 121 Å². The van der Waals surface area contributed by atoms with Crippen LogP contribution in [0.25, 0.3) is 0 Å². The zero-order chi connectivity index (χ0) is 35.2. The van der Waals surface area contributed by atoms with Crippen LogP contribution in [0.1, 0.15) is 25.7 Å². The summed E-state index contributed by atoms with van der Waals surface area (Å²) in [5.41, 5.74) is 0. The Morgan fingerprint density at radius 3 is 0.959 bits per heavy atom. The number of hydrogen-bond acceptors (Lipinski definition) is 2. The van der Waals surface area contributed by atoms with Crippen LogP contribution < -0.4 is 21.2 Å². The van der Waals surface area contributed by atoms with E-state index in [1.807, 2.05) is 0 Å². The minimum Gasteiger partial charge on any atom is -0.475 e. The number of halogens is 6. The van der Waals surface area contributed by atoms with Crippen molar-refractivity contribution in [2.24, 2.45) is 11.8 Å². The van der Waals surface area contributed by atoms with E-state index in [0.29, 0.717) is 0 Å². The van der Waals surface area contributed by atoms with Crippen LogP contribution in [-0.2, 0) is 30.0 Å². The number of carboxylic acid groups (broad SMARTS) is 2. The van der Waals surface area contributed by atoms with Gasteiger partial charge in [-0.25, -0.2) is 9.59 Å². The molecule has 0 aliphatic heterocycles. The number of benzene rings is 4. The largest absolute Gasteiger partial charge is 0.490 e. The first-order valence-corrected chi connectivity index (χ1v) is 18.2. The van der Waals surface area contributed by atoms with Crippen LogP contribution in [0.4, 0.5) is 26.3 Å². The second-order valence-corrected chi connectivity index (χ2v) is 15.6. The molecule has 0 unspecified atom stereocenters. The van der Waals surface area contributed by atoms with Gasteiger partial charge in [0.2, 0.25) is 0 Å². The molecule has 0 heterocycles. The van der Waals surface area contributed by atoms with Gasteiger partial charge in [0.1, 0.15) is 0 Å². The van der Waals surface area contributed by atoms with E-state index in [-0.39, 0.29) is 36.3 Å². The van der Waals surface area contributed by atoms with Gasteiger partial charge in [-0.3, -0.25) is 0 Å². The fourth-order valence-corrected chi connectivity index (χ4v) is 10.7. The Balaban J connectivity index is 0.000000470. The summed E-state index contributed by atoms with van der Waals surface area (Å²) in [6.45, 7) is 0. The summed E-state index contributed by atoms with van der Waals surface area (Å²) in [7, 11) is -0.591. The van der Waals surface area contributed by atoms with Gasteiger partial charge in [-0.1, -0.05) is 141 Å². The summed E-state index contributed by atoms with van der Waals surface area (Å²) in [6, 6.07) is 45.1. The Labute approximate surface area is 298 Å². The van der Waals surface area contributed by atoms with Crippen LogP contribution in [0.5, 0.6) is 0 Å².